The van der Waals surface area contributed by atoms with Gasteiger partial charge < -0.3 is 15.6 Å². The van der Waals surface area contributed by atoms with E-state index in [-0.39, 0.29) is 35.6 Å². The highest BCUT2D eigenvalue weighted by Crippen LogP contribution is 2.11. The summed E-state index contributed by atoms with van der Waals surface area (Å²) < 4.78 is 0. The van der Waals surface area contributed by atoms with Crippen molar-refractivity contribution in [3.63, 3.8) is 0 Å². The third-order valence-electron chi connectivity index (χ3n) is 2.94. The van der Waals surface area contributed by atoms with Gasteiger partial charge in [-0.05, 0) is 25.3 Å². The number of aromatic nitrogens is 2. The Balaban J connectivity index is 1.90. The van der Waals surface area contributed by atoms with Crippen LogP contribution in [0, 0.1) is 0 Å². The third kappa shape index (κ3) is 7.10. The lowest BCUT2D eigenvalue weighted by atomic mass is 10.3. The van der Waals surface area contributed by atoms with Crippen molar-refractivity contribution in [2.75, 3.05) is 5.75 Å². The first-order valence-electron chi connectivity index (χ1n) is 7.74. The van der Waals surface area contributed by atoms with Crippen LogP contribution in [0.5, 0.6) is 0 Å². The first kappa shape index (κ1) is 19.2. The number of H-pyrrole nitrogens is 1. The van der Waals surface area contributed by atoms with Crippen molar-refractivity contribution in [1.29, 1.82) is 0 Å². The molecule has 9 heteroatoms. The standard InChI is InChI=1S/C16H20N4O3S2/c1-10(2)18-15(23)9-25-16-19-11(7-14(22)20-16)6-13(21)17-8-12-4-3-5-24-12/h3-5,7,10H,6,8-9H2,1-2H3,(H,17,21)(H,18,23)(H,19,20,22). The predicted molar refractivity (Wildman–Crippen MR) is 98.7 cm³/mol. The summed E-state index contributed by atoms with van der Waals surface area (Å²) in [6.45, 7) is 4.20. The Kier molecular flexibility index (Phi) is 7.20. The number of carbonyl (C=O) groups excluding carboxylic acids is 2. The van der Waals surface area contributed by atoms with Crippen LogP contribution in [0.15, 0.2) is 33.5 Å². The van der Waals surface area contributed by atoms with Crippen LogP contribution in [0.4, 0.5) is 0 Å². The van der Waals surface area contributed by atoms with Crippen LogP contribution < -0.4 is 16.2 Å². The number of rotatable bonds is 8. The van der Waals surface area contributed by atoms with Gasteiger partial charge >= 0.3 is 0 Å². The van der Waals surface area contributed by atoms with Gasteiger partial charge in [-0.15, -0.1) is 11.3 Å². The molecular formula is C16H20N4O3S2. The van der Waals surface area contributed by atoms with Gasteiger partial charge in [0.1, 0.15) is 0 Å². The molecule has 2 aromatic heterocycles. The predicted octanol–water partition coefficient (Wildman–Crippen LogP) is 1.31. The number of nitrogens with one attached hydrogen (secondary N) is 3. The summed E-state index contributed by atoms with van der Waals surface area (Å²) in [5.74, 6) is -0.198. The highest BCUT2D eigenvalue weighted by atomic mass is 32.2. The van der Waals surface area contributed by atoms with Crippen LogP contribution in [0.3, 0.4) is 0 Å². The van der Waals surface area contributed by atoms with E-state index in [2.05, 4.69) is 20.6 Å². The molecule has 2 aromatic rings. The molecule has 0 unspecified atom stereocenters. The molecule has 2 heterocycles. The maximum atomic E-state index is 12.0. The van der Waals surface area contributed by atoms with Gasteiger partial charge in [-0.3, -0.25) is 14.4 Å². The average molecular weight is 380 g/mol. The van der Waals surface area contributed by atoms with E-state index >= 15 is 0 Å². The monoisotopic (exact) mass is 380 g/mol. The van der Waals surface area contributed by atoms with Gasteiger partial charge in [0, 0.05) is 17.0 Å². The molecule has 7 nitrogen and oxygen atoms in total. The molecule has 0 saturated heterocycles. The Morgan fingerprint density at radius 1 is 1.36 bits per heavy atom. The Morgan fingerprint density at radius 2 is 2.16 bits per heavy atom. The van der Waals surface area contributed by atoms with E-state index in [1.165, 1.54) is 6.07 Å². The van der Waals surface area contributed by atoms with Crippen molar-refractivity contribution in [2.24, 2.45) is 0 Å². The summed E-state index contributed by atoms with van der Waals surface area (Å²) in [4.78, 5) is 43.2. The molecule has 0 bridgehead atoms. The number of thiophene rings is 1. The quantitative estimate of drug-likeness (QED) is 0.473. The second-order valence-electron chi connectivity index (χ2n) is 5.59. The van der Waals surface area contributed by atoms with Crippen molar-refractivity contribution in [2.45, 2.75) is 38.0 Å². The maximum absolute atomic E-state index is 12.0. The molecule has 0 aliphatic carbocycles. The van der Waals surface area contributed by atoms with E-state index < -0.39 is 0 Å². The zero-order chi connectivity index (χ0) is 18.2. The average Bonchev–Trinajstić information content (AvgIpc) is 3.03. The molecular weight excluding hydrogens is 360 g/mol. The lowest BCUT2D eigenvalue weighted by Gasteiger charge is -2.08. The highest BCUT2D eigenvalue weighted by Gasteiger charge is 2.10. The number of hydrogen-bond donors (Lipinski definition) is 3. The van der Waals surface area contributed by atoms with Crippen LogP contribution >= 0.6 is 23.1 Å². The number of hydrogen-bond acceptors (Lipinski definition) is 6. The topological polar surface area (TPSA) is 104 Å². The van der Waals surface area contributed by atoms with E-state index in [1.54, 1.807) is 11.3 Å². The molecule has 0 saturated carbocycles. The molecule has 2 rings (SSSR count). The summed E-state index contributed by atoms with van der Waals surface area (Å²) in [6, 6.07) is 5.21. The first-order valence-corrected chi connectivity index (χ1v) is 9.60. The largest absolute Gasteiger partial charge is 0.353 e. The zero-order valence-corrected chi connectivity index (χ0v) is 15.6. The molecule has 0 radical (unpaired) electrons. The van der Waals surface area contributed by atoms with Gasteiger partial charge in [-0.2, -0.15) is 0 Å². The van der Waals surface area contributed by atoms with E-state index in [4.69, 9.17) is 0 Å². The lowest BCUT2D eigenvalue weighted by molar-refractivity contribution is -0.121. The molecule has 3 N–H and O–H groups in total. The second-order valence-corrected chi connectivity index (χ2v) is 7.58. The number of aromatic amines is 1. The Morgan fingerprint density at radius 3 is 2.84 bits per heavy atom. The fraction of sp³-hybridized carbons (Fsp3) is 0.375. The van der Waals surface area contributed by atoms with Gasteiger partial charge in [-0.25, -0.2) is 4.98 Å². The molecule has 0 aliphatic rings. The van der Waals surface area contributed by atoms with Gasteiger partial charge in [0.15, 0.2) is 5.16 Å². The number of nitrogens with zero attached hydrogens (tertiary/aromatic N) is 1. The van der Waals surface area contributed by atoms with Crippen molar-refractivity contribution in [3.8, 4) is 0 Å². The minimum absolute atomic E-state index is 0.0149. The molecule has 134 valence electrons. The van der Waals surface area contributed by atoms with Gasteiger partial charge in [0.25, 0.3) is 5.56 Å². The second kappa shape index (κ2) is 9.38. The van der Waals surface area contributed by atoms with Crippen LogP contribution in [-0.4, -0.2) is 33.6 Å². The normalized spacial score (nSPS) is 10.7. The molecule has 0 aromatic carbocycles. The smallest absolute Gasteiger partial charge is 0.251 e. The molecule has 2 amide bonds. The maximum Gasteiger partial charge on any atom is 0.251 e. The summed E-state index contributed by atoms with van der Waals surface area (Å²) in [5.41, 5.74) is 0.0296. The molecule has 25 heavy (non-hydrogen) atoms. The highest BCUT2D eigenvalue weighted by molar-refractivity contribution is 7.99. The fourth-order valence-corrected chi connectivity index (χ4v) is 3.32. The molecule has 0 atom stereocenters. The fourth-order valence-electron chi connectivity index (χ4n) is 1.97. The minimum atomic E-state index is -0.345. The van der Waals surface area contributed by atoms with Gasteiger partial charge in [0.2, 0.25) is 11.8 Å². The van der Waals surface area contributed by atoms with Crippen LogP contribution in [0.2, 0.25) is 0 Å². The summed E-state index contributed by atoms with van der Waals surface area (Å²) in [6.07, 6.45) is 0.0149. The van der Waals surface area contributed by atoms with Gasteiger partial charge in [-0.1, -0.05) is 17.8 Å². The minimum Gasteiger partial charge on any atom is -0.353 e. The van der Waals surface area contributed by atoms with E-state index in [9.17, 15) is 14.4 Å². The number of thioether (sulfide) groups is 1. The number of carbonyl (C=O) groups is 2. The summed E-state index contributed by atoms with van der Waals surface area (Å²) in [7, 11) is 0. The van der Waals surface area contributed by atoms with E-state index in [0.717, 1.165) is 16.6 Å². The molecule has 0 spiro atoms. The van der Waals surface area contributed by atoms with Crippen LogP contribution in [0.25, 0.3) is 0 Å². The Hall–Kier alpha value is -2.13. The van der Waals surface area contributed by atoms with Crippen molar-refractivity contribution in [3.05, 3.63) is 44.5 Å². The van der Waals surface area contributed by atoms with Crippen molar-refractivity contribution >= 4 is 34.9 Å². The van der Waals surface area contributed by atoms with E-state index in [1.807, 2.05) is 31.4 Å². The van der Waals surface area contributed by atoms with E-state index in [0.29, 0.717) is 17.4 Å². The SMILES string of the molecule is CC(C)NC(=O)CSc1nc(CC(=O)NCc2cccs2)cc(=O)[nH]1. The summed E-state index contributed by atoms with van der Waals surface area (Å²) >= 11 is 2.69. The van der Waals surface area contributed by atoms with Crippen LogP contribution in [-0.2, 0) is 22.6 Å². The number of amides is 2. The van der Waals surface area contributed by atoms with Crippen molar-refractivity contribution in [1.82, 2.24) is 20.6 Å². The van der Waals surface area contributed by atoms with Crippen LogP contribution in [0.1, 0.15) is 24.4 Å². The summed E-state index contributed by atoms with van der Waals surface area (Å²) in [5, 5.41) is 7.82. The Labute approximate surface area is 153 Å². The van der Waals surface area contributed by atoms with Crippen molar-refractivity contribution < 1.29 is 9.59 Å². The zero-order valence-electron chi connectivity index (χ0n) is 14.0. The third-order valence-corrected chi connectivity index (χ3v) is 4.69. The first-order chi connectivity index (χ1) is 11.9. The lowest BCUT2D eigenvalue weighted by Crippen LogP contribution is -2.31. The Bertz CT molecular complexity index is 772. The molecule has 0 aliphatic heterocycles. The van der Waals surface area contributed by atoms with Gasteiger partial charge in [0.05, 0.1) is 24.4 Å². The molecule has 0 fully saturated rings.